The van der Waals surface area contributed by atoms with Crippen LogP contribution >= 0.6 is 0 Å². The molecule has 1 heterocycles. The first kappa shape index (κ1) is 14.5. The molecular formula is C15H20FN3O. The van der Waals surface area contributed by atoms with Crippen molar-refractivity contribution < 1.29 is 9.13 Å². The van der Waals surface area contributed by atoms with Crippen molar-refractivity contribution in [3.63, 3.8) is 0 Å². The zero-order valence-electron chi connectivity index (χ0n) is 12.1. The van der Waals surface area contributed by atoms with Crippen LogP contribution in [0.4, 0.5) is 4.39 Å². The monoisotopic (exact) mass is 277 g/mol. The van der Waals surface area contributed by atoms with Crippen LogP contribution in [0.15, 0.2) is 24.3 Å². The van der Waals surface area contributed by atoms with Gasteiger partial charge in [-0.05, 0) is 43.1 Å². The largest absolute Gasteiger partial charge is 0.481 e. The predicted octanol–water partition coefficient (Wildman–Crippen LogP) is 2.64. The maximum absolute atomic E-state index is 13.0. The molecule has 0 unspecified atom stereocenters. The van der Waals surface area contributed by atoms with E-state index in [9.17, 15) is 4.39 Å². The third kappa shape index (κ3) is 2.67. The molecule has 0 spiro atoms. The highest BCUT2D eigenvalue weighted by molar-refractivity contribution is 5.42. The number of rotatable bonds is 5. The number of hydrogen-bond acceptors (Lipinski definition) is 3. The van der Waals surface area contributed by atoms with Gasteiger partial charge in [0.25, 0.3) is 0 Å². The topological polar surface area (TPSA) is 53.1 Å². The lowest BCUT2D eigenvalue weighted by Crippen LogP contribution is -2.06. The average Bonchev–Trinajstić information content (AvgIpc) is 2.79. The number of methoxy groups -OCH3 is 1. The summed E-state index contributed by atoms with van der Waals surface area (Å²) in [5, 5.41) is 4.61. The summed E-state index contributed by atoms with van der Waals surface area (Å²) in [5.74, 6) is 0.670. The standard InChI is InChI=1S/C15H20FN3O/c1-10(2)14-13(8-9-17)15(20-3)19(18-14)12-6-4-11(16)5-7-12/h4-7,10H,8-9,17H2,1-3H3. The third-order valence-corrected chi connectivity index (χ3v) is 3.17. The predicted molar refractivity (Wildman–Crippen MR) is 76.9 cm³/mol. The van der Waals surface area contributed by atoms with Crippen molar-refractivity contribution in [3.8, 4) is 11.6 Å². The number of benzene rings is 1. The van der Waals surface area contributed by atoms with Gasteiger partial charge in [0.2, 0.25) is 5.88 Å². The van der Waals surface area contributed by atoms with Crippen molar-refractivity contribution in [2.45, 2.75) is 26.2 Å². The summed E-state index contributed by atoms with van der Waals surface area (Å²) in [6, 6.07) is 6.19. The van der Waals surface area contributed by atoms with Crippen molar-refractivity contribution in [3.05, 3.63) is 41.3 Å². The fourth-order valence-electron chi connectivity index (χ4n) is 2.26. The number of nitrogens with two attached hydrogens (primary N) is 1. The van der Waals surface area contributed by atoms with Crippen LogP contribution in [-0.2, 0) is 6.42 Å². The minimum absolute atomic E-state index is 0.271. The molecule has 2 aromatic rings. The van der Waals surface area contributed by atoms with E-state index in [2.05, 4.69) is 18.9 Å². The normalized spacial score (nSPS) is 11.1. The molecule has 0 saturated carbocycles. The van der Waals surface area contributed by atoms with Gasteiger partial charge in [0.05, 0.1) is 18.5 Å². The van der Waals surface area contributed by atoms with Crippen LogP contribution in [0.3, 0.4) is 0 Å². The van der Waals surface area contributed by atoms with Gasteiger partial charge in [-0.25, -0.2) is 9.07 Å². The van der Waals surface area contributed by atoms with Crippen LogP contribution in [0.25, 0.3) is 5.69 Å². The van der Waals surface area contributed by atoms with E-state index >= 15 is 0 Å². The first-order valence-corrected chi connectivity index (χ1v) is 6.70. The first-order chi connectivity index (χ1) is 9.58. The molecule has 20 heavy (non-hydrogen) atoms. The van der Waals surface area contributed by atoms with Gasteiger partial charge in [-0.1, -0.05) is 13.8 Å². The molecule has 0 bridgehead atoms. The molecule has 0 aliphatic heterocycles. The highest BCUT2D eigenvalue weighted by Crippen LogP contribution is 2.30. The van der Waals surface area contributed by atoms with Gasteiger partial charge < -0.3 is 10.5 Å². The molecular weight excluding hydrogens is 257 g/mol. The summed E-state index contributed by atoms with van der Waals surface area (Å²) in [7, 11) is 1.61. The summed E-state index contributed by atoms with van der Waals surface area (Å²) < 4.78 is 20.2. The molecule has 0 aliphatic rings. The minimum Gasteiger partial charge on any atom is -0.481 e. The van der Waals surface area contributed by atoms with Crippen molar-refractivity contribution in [1.82, 2.24) is 9.78 Å². The summed E-state index contributed by atoms with van der Waals surface area (Å²) >= 11 is 0. The molecule has 4 nitrogen and oxygen atoms in total. The number of hydrogen-bond donors (Lipinski definition) is 1. The van der Waals surface area contributed by atoms with Gasteiger partial charge in [0.15, 0.2) is 0 Å². The second kappa shape index (κ2) is 6.05. The smallest absolute Gasteiger partial charge is 0.219 e. The van der Waals surface area contributed by atoms with E-state index < -0.39 is 0 Å². The van der Waals surface area contributed by atoms with Crippen molar-refractivity contribution in [1.29, 1.82) is 0 Å². The molecule has 108 valence electrons. The fourth-order valence-corrected chi connectivity index (χ4v) is 2.26. The van der Waals surface area contributed by atoms with E-state index in [0.717, 1.165) is 16.9 Å². The Morgan fingerprint density at radius 1 is 1.30 bits per heavy atom. The van der Waals surface area contributed by atoms with Gasteiger partial charge in [0.1, 0.15) is 5.82 Å². The maximum Gasteiger partial charge on any atom is 0.219 e. The van der Waals surface area contributed by atoms with E-state index in [0.29, 0.717) is 18.8 Å². The fraction of sp³-hybridized carbons (Fsp3) is 0.400. The van der Waals surface area contributed by atoms with Crippen molar-refractivity contribution in [2.24, 2.45) is 5.73 Å². The van der Waals surface area contributed by atoms with Gasteiger partial charge in [-0.3, -0.25) is 0 Å². The Morgan fingerprint density at radius 2 is 1.95 bits per heavy atom. The minimum atomic E-state index is -0.272. The molecule has 0 fully saturated rings. The molecule has 1 aromatic carbocycles. The lowest BCUT2D eigenvalue weighted by molar-refractivity contribution is 0.379. The Kier molecular flexibility index (Phi) is 4.39. The quantitative estimate of drug-likeness (QED) is 0.914. The number of ether oxygens (including phenoxy) is 1. The van der Waals surface area contributed by atoms with Crippen molar-refractivity contribution >= 4 is 0 Å². The molecule has 2 rings (SSSR count). The molecule has 0 atom stereocenters. The second-order valence-electron chi connectivity index (χ2n) is 4.95. The van der Waals surface area contributed by atoms with Crippen LogP contribution in [0.2, 0.25) is 0 Å². The summed E-state index contributed by atoms with van der Waals surface area (Å²) in [4.78, 5) is 0. The van der Waals surface area contributed by atoms with Crippen LogP contribution in [0.5, 0.6) is 5.88 Å². The second-order valence-corrected chi connectivity index (χ2v) is 4.95. The molecule has 0 aliphatic carbocycles. The van der Waals surface area contributed by atoms with Crippen LogP contribution in [-0.4, -0.2) is 23.4 Å². The Bertz CT molecular complexity index is 576. The SMILES string of the molecule is COc1c(CCN)c(C(C)C)nn1-c1ccc(F)cc1. The molecule has 1 aromatic heterocycles. The first-order valence-electron chi connectivity index (χ1n) is 6.70. The van der Waals surface area contributed by atoms with Gasteiger partial charge in [0, 0.05) is 5.56 Å². The van der Waals surface area contributed by atoms with Gasteiger partial charge in [-0.2, -0.15) is 5.10 Å². The third-order valence-electron chi connectivity index (χ3n) is 3.17. The highest BCUT2D eigenvalue weighted by Gasteiger charge is 2.20. The van der Waals surface area contributed by atoms with Crippen LogP contribution in [0.1, 0.15) is 31.0 Å². The van der Waals surface area contributed by atoms with E-state index in [-0.39, 0.29) is 11.7 Å². The van der Waals surface area contributed by atoms with E-state index in [1.165, 1.54) is 12.1 Å². The Hall–Kier alpha value is -1.88. The molecule has 0 radical (unpaired) electrons. The Balaban J connectivity index is 2.57. The van der Waals surface area contributed by atoms with Gasteiger partial charge in [-0.15, -0.1) is 0 Å². The summed E-state index contributed by atoms with van der Waals surface area (Å²) in [6.07, 6.45) is 0.706. The lowest BCUT2D eigenvalue weighted by Gasteiger charge is -2.08. The molecule has 0 amide bonds. The summed E-state index contributed by atoms with van der Waals surface area (Å²) in [5.41, 5.74) is 8.44. The van der Waals surface area contributed by atoms with Crippen molar-refractivity contribution in [2.75, 3.05) is 13.7 Å². The molecule has 2 N–H and O–H groups in total. The Labute approximate surface area is 118 Å². The zero-order valence-corrected chi connectivity index (χ0v) is 12.1. The number of nitrogens with zero attached hydrogens (tertiary/aromatic N) is 2. The Morgan fingerprint density at radius 3 is 2.45 bits per heavy atom. The zero-order chi connectivity index (χ0) is 14.7. The average molecular weight is 277 g/mol. The van der Waals surface area contributed by atoms with E-state index in [4.69, 9.17) is 10.5 Å². The number of halogens is 1. The number of aromatic nitrogens is 2. The highest BCUT2D eigenvalue weighted by atomic mass is 19.1. The molecule has 5 heteroatoms. The van der Waals surface area contributed by atoms with E-state index in [1.54, 1.807) is 23.9 Å². The van der Waals surface area contributed by atoms with Gasteiger partial charge >= 0.3 is 0 Å². The van der Waals surface area contributed by atoms with Crippen LogP contribution < -0.4 is 10.5 Å². The van der Waals surface area contributed by atoms with E-state index in [1.807, 2.05) is 0 Å². The van der Waals surface area contributed by atoms with Crippen LogP contribution in [0, 0.1) is 5.82 Å². The summed E-state index contributed by atoms with van der Waals surface area (Å²) in [6.45, 7) is 4.69. The lowest BCUT2D eigenvalue weighted by atomic mass is 10.0. The maximum atomic E-state index is 13.0. The molecule has 0 saturated heterocycles.